The molecule has 1 saturated carbocycles. The maximum Gasteiger partial charge on any atom is 0.420 e. The van der Waals surface area contributed by atoms with E-state index in [1.54, 1.807) is 6.92 Å². The Morgan fingerprint density at radius 3 is 2.47 bits per heavy atom. The van der Waals surface area contributed by atoms with Gasteiger partial charge < -0.3 is 15.0 Å². The number of nitrogens with one attached hydrogen (secondary N) is 1. The number of rotatable bonds is 5. The van der Waals surface area contributed by atoms with Crippen LogP contribution < -0.4 is 5.32 Å². The van der Waals surface area contributed by atoms with E-state index in [4.69, 9.17) is 4.74 Å². The van der Waals surface area contributed by atoms with Crippen molar-refractivity contribution in [1.29, 1.82) is 0 Å². The summed E-state index contributed by atoms with van der Waals surface area (Å²) in [5, 5.41) is 10.9. The maximum atomic E-state index is 13.9. The Labute approximate surface area is 196 Å². The van der Waals surface area contributed by atoms with E-state index in [0.717, 1.165) is 70.7 Å². The Morgan fingerprint density at radius 1 is 1.09 bits per heavy atom. The van der Waals surface area contributed by atoms with Gasteiger partial charge >= 0.3 is 6.18 Å². The molecule has 5 rings (SSSR count). The molecule has 1 N–H and O–H groups in total. The number of likely N-dealkylation sites (tertiary alicyclic amines) is 1. The molecular weight excluding hydrogens is 450 g/mol. The van der Waals surface area contributed by atoms with Crippen molar-refractivity contribution in [3.05, 3.63) is 35.4 Å². The van der Waals surface area contributed by atoms with Crippen LogP contribution in [0.25, 0.3) is 11.3 Å². The lowest BCUT2D eigenvalue weighted by Gasteiger charge is -2.28. The molecule has 4 heterocycles. The summed E-state index contributed by atoms with van der Waals surface area (Å²) in [4.78, 5) is 6.05. The summed E-state index contributed by atoms with van der Waals surface area (Å²) >= 11 is 0. The lowest BCUT2D eigenvalue weighted by atomic mass is 10.00. The molecule has 0 bridgehead atoms. The molecule has 34 heavy (non-hydrogen) atoms. The van der Waals surface area contributed by atoms with Crippen LogP contribution in [0.4, 0.5) is 23.4 Å². The number of anilines is 1. The number of halogens is 4. The largest absolute Gasteiger partial charge is 0.420 e. The minimum absolute atomic E-state index is 0.0243. The fraction of sp³-hybridized carbons (Fsp3) is 0.625. The van der Waals surface area contributed by atoms with Crippen LogP contribution in [0.5, 0.6) is 0 Å². The van der Waals surface area contributed by atoms with E-state index in [1.165, 1.54) is 6.20 Å². The molecule has 3 aliphatic rings. The highest BCUT2D eigenvalue weighted by Crippen LogP contribution is 2.42. The van der Waals surface area contributed by atoms with E-state index < -0.39 is 17.7 Å². The van der Waals surface area contributed by atoms with E-state index in [1.807, 2.05) is 0 Å². The fourth-order valence-corrected chi connectivity index (χ4v) is 5.77. The first kappa shape index (κ1) is 23.4. The minimum Gasteiger partial charge on any atom is -0.381 e. The molecule has 2 atom stereocenters. The van der Waals surface area contributed by atoms with Gasteiger partial charge in [-0.05, 0) is 62.0 Å². The van der Waals surface area contributed by atoms with Crippen molar-refractivity contribution >= 4 is 5.82 Å². The molecule has 6 nitrogen and oxygen atoms in total. The molecule has 184 valence electrons. The molecule has 0 spiro atoms. The Kier molecular flexibility index (Phi) is 6.45. The van der Waals surface area contributed by atoms with Gasteiger partial charge in [0.2, 0.25) is 5.95 Å². The first-order chi connectivity index (χ1) is 16.3. The molecule has 3 fully saturated rings. The van der Waals surface area contributed by atoms with Gasteiger partial charge in [0, 0.05) is 56.7 Å². The van der Waals surface area contributed by atoms with Crippen LogP contribution in [0.1, 0.15) is 36.8 Å². The average molecular weight is 480 g/mol. The topological polar surface area (TPSA) is 63.2 Å². The summed E-state index contributed by atoms with van der Waals surface area (Å²) in [6.07, 6.45) is 0.525. The SMILES string of the molecule is Cc1cnc(F)cc1-c1cc(C(F)(F)F)c(NC2C[C@@H]3CN(CC4CCOCC4)C[C@H]3C2)nn1. The van der Waals surface area contributed by atoms with Crippen molar-refractivity contribution in [2.24, 2.45) is 17.8 Å². The van der Waals surface area contributed by atoms with Crippen LogP contribution in [0.2, 0.25) is 0 Å². The summed E-state index contributed by atoms with van der Waals surface area (Å²) in [6.45, 7) is 6.43. The van der Waals surface area contributed by atoms with Crippen LogP contribution in [0, 0.1) is 30.6 Å². The molecule has 1 aliphatic carbocycles. The third-order valence-electron chi connectivity index (χ3n) is 7.47. The van der Waals surface area contributed by atoms with E-state index >= 15 is 0 Å². The molecule has 2 aromatic rings. The van der Waals surface area contributed by atoms with Crippen molar-refractivity contribution in [3.63, 3.8) is 0 Å². The summed E-state index contributed by atoms with van der Waals surface area (Å²) in [5.74, 6) is 0.624. The van der Waals surface area contributed by atoms with Crippen molar-refractivity contribution in [2.75, 3.05) is 38.2 Å². The number of aryl methyl sites for hydroxylation is 1. The molecule has 0 radical (unpaired) electrons. The highest BCUT2D eigenvalue weighted by Gasteiger charge is 2.43. The molecular formula is C24H29F4N5O. The number of fused-ring (bicyclic) bond motifs is 1. The van der Waals surface area contributed by atoms with Crippen molar-refractivity contribution in [3.8, 4) is 11.3 Å². The van der Waals surface area contributed by atoms with E-state index in [2.05, 4.69) is 25.4 Å². The Hall–Kier alpha value is -2.33. The zero-order chi connectivity index (χ0) is 23.9. The van der Waals surface area contributed by atoms with Gasteiger partial charge in [-0.3, -0.25) is 0 Å². The highest BCUT2D eigenvalue weighted by molar-refractivity contribution is 5.65. The normalized spacial score (nSPS) is 24.5. The van der Waals surface area contributed by atoms with Crippen LogP contribution >= 0.6 is 0 Å². The maximum absolute atomic E-state index is 13.9. The summed E-state index contributed by atoms with van der Waals surface area (Å²) in [5.41, 5.74) is -0.133. The second-order valence-corrected chi connectivity index (χ2v) is 9.92. The average Bonchev–Trinajstić information content (AvgIpc) is 3.33. The molecule has 2 saturated heterocycles. The van der Waals surface area contributed by atoms with Gasteiger partial charge in [-0.25, -0.2) is 4.98 Å². The quantitative estimate of drug-likeness (QED) is 0.501. The van der Waals surface area contributed by atoms with Gasteiger partial charge in [-0.15, -0.1) is 10.2 Å². The lowest BCUT2D eigenvalue weighted by Crippen LogP contribution is -2.32. The van der Waals surface area contributed by atoms with Crippen molar-refractivity contribution in [2.45, 2.75) is 44.8 Å². The van der Waals surface area contributed by atoms with E-state index in [-0.39, 0.29) is 23.1 Å². The first-order valence-electron chi connectivity index (χ1n) is 11.9. The second-order valence-electron chi connectivity index (χ2n) is 9.92. The minimum atomic E-state index is -4.61. The van der Waals surface area contributed by atoms with Crippen LogP contribution in [-0.4, -0.2) is 59.0 Å². The molecule has 10 heteroatoms. The molecule has 0 unspecified atom stereocenters. The predicted octanol–water partition coefficient (Wildman–Crippen LogP) is 4.55. The summed E-state index contributed by atoms with van der Waals surface area (Å²) < 4.78 is 60.7. The first-order valence-corrected chi connectivity index (χ1v) is 11.9. The number of aromatic nitrogens is 3. The molecule has 0 amide bonds. The molecule has 2 aliphatic heterocycles. The van der Waals surface area contributed by atoms with Crippen LogP contribution in [0.15, 0.2) is 18.3 Å². The van der Waals surface area contributed by atoms with E-state index in [0.29, 0.717) is 23.3 Å². The van der Waals surface area contributed by atoms with Gasteiger partial charge in [0.1, 0.15) is 5.56 Å². The van der Waals surface area contributed by atoms with Gasteiger partial charge in [0.15, 0.2) is 5.82 Å². The summed E-state index contributed by atoms with van der Waals surface area (Å²) in [7, 11) is 0. The van der Waals surface area contributed by atoms with E-state index in [9.17, 15) is 17.6 Å². The smallest absolute Gasteiger partial charge is 0.381 e. The molecule has 2 aromatic heterocycles. The Balaban J connectivity index is 1.26. The van der Waals surface area contributed by atoms with Gasteiger partial charge in [0.05, 0.1) is 5.69 Å². The zero-order valence-corrected chi connectivity index (χ0v) is 19.1. The monoisotopic (exact) mass is 479 g/mol. The number of pyridine rings is 1. The van der Waals surface area contributed by atoms with Gasteiger partial charge in [0.25, 0.3) is 0 Å². The number of hydrogen-bond donors (Lipinski definition) is 1. The van der Waals surface area contributed by atoms with Gasteiger partial charge in [-0.1, -0.05) is 0 Å². The third-order valence-corrected chi connectivity index (χ3v) is 7.47. The lowest BCUT2D eigenvalue weighted by molar-refractivity contribution is -0.137. The standard InChI is InChI=1S/C24H29F4N5O/c1-14-10-29-22(25)8-19(14)21-9-20(24(26,27)28)23(32-31-21)30-18-6-16-12-33(13-17(16)7-18)11-15-2-4-34-5-3-15/h8-10,15-18H,2-7,11-13H2,1H3,(H,30,32)/t16-,17-/m1/s1. The highest BCUT2D eigenvalue weighted by atomic mass is 19.4. The van der Waals surface area contributed by atoms with Gasteiger partial charge in [-0.2, -0.15) is 17.6 Å². The third kappa shape index (κ3) is 5.02. The van der Waals surface area contributed by atoms with Crippen molar-refractivity contribution < 1.29 is 22.3 Å². The Morgan fingerprint density at radius 2 is 1.79 bits per heavy atom. The van der Waals surface area contributed by atoms with Crippen LogP contribution in [-0.2, 0) is 10.9 Å². The summed E-state index contributed by atoms with van der Waals surface area (Å²) in [6, 6.07) is 1.96. The predicted molar refractivity (Wildman–Crippen MR) is 119 cm³/mol. The second kappa shape index (κ2) is 9.37. The molecule has 0 aromatic carbocycles. The fourth-order valence-electron chi connectivity index (χ4n) is 5.77. The number of nitrogens with zero attached hydrogens (tertiary/aromatic N) is 4. The van der Waals surface area contributed by atoms with Crippen molar-refractivity contribution in [1.82, 2.24) is 20.1 Å². The number of alkyl halides is 3. The zero-order valence-electron chi connectivity index (χ0n) is 19.1. The Bertz CT molecular complexity index is 1010. The van der Waals surface area contributed by atoms with Crippen LogP contribution in [0.3, 0.4) is 0 Å². The number of ether oxygens (including phenoxy) is 1. The number of hydrogen-bond acceptors (Lipinski definition) is 6.